The molecule has 0 radical (unpaired) electrons. The summed E-state index contributed by atoms with van der Waals surface area (Å²) >= 11 is 0. The molecule has 5 heteroatoms. The molecule has 1 aliphatic heterocycles. The topological polar surface area (TPSA) is 67.4 Å². The molecule has 0 spiro atoms. The Morgan fingerprint density at radius 3 is 2.67 bits per heavy atom. The molecule has 24 heavy (non-hydrogen) atoms. The van der Waals surface area contributed by atoms with Gasteiger partial charge in [-0.15, -0.1) is 0 Å². The lowest BCUT2D eigenvalue weighted by Gasteiger charge is -2.11. The number of carbonyl (C=O) groups excluding carboxylic acids is 2. The maximum Gasteiger partial charge on any atom is 0.224 e. The van der Waals surface area contributed by atoms with Crippen molar-refractivity contribution in [2.24, 2.45) is 0 Å². The summed E-state index contributed by atoms with van der Waals surface area (Å²) in [7, 11) is 0. The van der Waals surface area contributed by atoms with Crippen molar-refractivity contribution in [3.63, 3.8) is 0 Å². The van der Waals surface area contributed by atoms with Crippen LogP contribution in [0.2, 0.25) is 0 Å². The number of benzene rings is 2. The highest BCUT2D eigenvalue weighted by Crippen LogP contribution is 2.24. The van der Waals surface area contributed by atoms with Crippen molar-refractivity contribution in [2.45, 2.75) is 31.7 Å². The van der Waals surface area contributed by atoms with E-state index in [1.54, 1.807) is 6.07 Å². The minimum Gasteiger partial charge on any atom is -0.457 e. The maximum absolute atomic E-state index is 12.1. The van der Waals surface area contributed by atoms with Crippen molar-refractivity contribution in [1.82, 2.24) is 5.32 Å². The predicted molar refractivity (Wildman–Crippen MR) is 92.0 cm³/mol. The number of hydrogen-bond acceptors (Lipinski definition) is 3. The van der Waals surface area contributed by atoms with Gasteiger partial charge < -0.3 is 15.4 Å². The number of amides is 2. The molecule has 3 rings (SSSR count). The SMILES string of the molecule is O=C(CC[C@H]1CCC(=O)N1)Nc1cccc(Oc2ccccc2)c1. The Hall–Kier alpha value is -2.82. The van der Waals surface area contributed by atoms with E-state index in [2.05, 4.69) is 10.6 Å². The third-order valence-corrected chi connectivity index (χ3v) is 3.90. The predicted octanol–water partition coefficient (Wildman–Crippen LogP) is 3.48. The smallest absolute Gasteiger partial charge is 0.224 e. The van der Waals surface area contributed by atoms with E-state index in [0.29, 0.717) is 30.7 Å². The molecule has 1 saturated heterocycles. The highest BCUT2D eigenvalue weighted by Gasteiger charge is 2.21. The first-order chi connectivity index (χ1) is 11.7. The van der Waals surface area contributed by atoms with Gasteiger partial charge in [-0.1, -0.05) is 24.3 Å². The second-order valence-corrected chi connectivity index (χ2v) is 5.83. The van der Waals surface area contributed by atoms with Crippen LogP contribution in [0.1, 0.15) is 25.7 Å². The number of rotatable bonds is 6. The van der Waals surface area contributed by atoms with Crippen LogP contribution in [0.25, 0.3) is 0 Å². The summed E-state index contributed by atoms with van der Waals surface area (Å²) in [5.41, 5.74) is 0.698. The molecule has 5 nitrogen and oxygen atoms in total. The standard InChI is InChI=1S/C19H20N2O3/c22-18-11-9-14(20-18)10-12-19(23)21-15-5-4-8-17(13-15)24-16-6-2-1-3-7-16/h1-8,13-14H,9-12H2,(H,20,22)(H,21,23)/t14-/m1/s1. The van der Waals surface area contributed by atoms with Crippen molar-refractivity contribution in [2.75, 3.05) is 5.32 Å². The molecule has 2 aromatic carbocycles. The van der Waals surface area contributed by atoms with Gasteiger partial charge in [0.15, 0.2) is 0 Å². The van der Waals surface area contributed by atoms with E-state index in [9.17, 15) is 9.59 Å². The van der Waals surface area contributed by atoms with Gasteiger partial charge in [0.1, 0.15) is 11.5 Å². The number of anilines is 1. The van der Waals surface area contributed by atoms with Crippen molar-refractivity contribution in [3.05, 3.63) is 54.6 Å². The van der Waals surface area contributed by atoms with E-state index in [-0.39, 0.29) is 17.9 Å². The quantitative estimate of drug-likeness (QED) is 0.855. The molecule has 1 heterocycles. The maximum atomic E-state index is 12.1. The van der Waals surface area contributed by atoms with Gasteiger partial charge in [-0.2, -0.15) is 0 Å². The first-order valence-electron chi connectivity index (χ1n) is 8.11. The lowest BCUT2D eigenvalue weighted by molar-refractivity contribution is -0.120. The zero-order valence-corrected chi connectivity index (χ0v) is 13.3. The third kappa shape index (κ3) is 4.59. The van der Waals surface area contributed by atoms with E-state index < -0.39 is 0 Å². The van der Waals surface area contributed by atoms with Gasteiger partial charge in [0.25, 0.3) is 0 Å². The van der Waals surface area contributed by atoms with E-state index in [1.807, 2.05) is 48.5 Å². The molecule has 2 N–H and O–H groups in total. The molecular formula is C19H20N2O3. The van der Waals surface area contributed by atoms with Crippen LogP contribution in [0.5, 0.6) is 11.5 Å². The van der Waals surface area contributed by atoms with Gasteiger partial charge in [0, 0.05) is 30.6 Å². The summed E-state index contributed by atoms with van der Waals surface area (Å²) in [5, 5.41) is 5.74. The van der Waals surface area contributed by atoms with Crippen LogP contribution in [0, 0.1) is 0 Å². The van der Waals surface area contributed by atoms with Crippen LogP contribution >= 0.6 is 0 Å². The van der Waals surface area contributed by atoms with Crippen LogP contribution < -0.4 is 15.4 Å². The molecule has 0 saturated carbocycles. The number of hydrogen-bond donors (Lipinski definition) is 2. The lowest BCUT2D eigenvalue weighted by Crippen LogP contribution is -2.26. The fourth-order valence-electron chi connectivity index (χ4n) is 2.68. The largest absolute Gasteiger partial charge is 0.457 e. The van der Waals surface area contributed by atoms with Gasteiger partial charge in [-0.05, 0) is 37.1 Å². The Morgan fingerprint density at radius 1 is 1.12 bits per heavy atom. The molecule has 124 valence electrons. The molecule has 2 amide bonds. The molecule has 0 bridgehead atoms. The fourth-order valence-corrected chi connectivity index (χ4v) is 2.68. The van der Waals surface area contributed by atoms with E-state index in [4.69, 9.17) is 4.74 Å². The number of carbonyl (C=O) groups is 2. The monoisotopic (exact) mass is 324 g/mol. The van der Waals surface area contributed by atoms with Crippen molar-refractivity contribution >= 4 is 17.5 Å². The zero-order valence-electron chi connectivity index (χ0n) is 13.3. The Bertz CT molecular complexity index is 716. The van der Waals surface area contributed by atoms with Crippen LogP contribution in [0.15, 0.2) is 54.6 Å². The van der Waals surface area contributed by atoms with Gasteiger partial charge in [-0.25, -0.2) is 0 Å². The van der Waals surface area contributed by atoms with Crippen LogP contribution in [-0.4, -0.2) is 17.9 Å². The number of ether oxygens (including phenoxy) is 1. The first kappa shape index (κ1) is 16.1. The Balaban J connectivity index is 1.52. The van der Waals surface area contributed by atoms with Gasteiger partial charge in [0.2, 0.25) is 11.8 Å². The third-order valence-electron chi connectivity index (χ3n) is 3.90. The average Bonchev–Trinajstić information content (AvgIpc) is 3.00. The van der Waals surface area contributed by atoms with E-state index in [1.165, 1.54) is 0 Å². The second kappa shape index (κ2) is 7.64. The summed E-state index contributed by atoms with van der Waals surface area (Å²) in [5.74, 6) is 1.43. The van der Waals surface area contributed by atoms with Crippen LogP contribution in [0.4, 0.5) is 5.69 Å². The Morgan fingerprint density at radius 2 is 1.92 bits per heavy atom. The molecule has 1 fully saturated rings. The molecule has 0 aromatic heterocycles. The highest BCUT2D eigenvalue weighted by atomic mass is 16.5. The van der Waals surface area contributed by atoms with Crippen molar-refractivity contribution < 1.29 is 14.3 Å². The van der Waals surface area contributed by atoms with Crippen molar-refractivity contribution in [1.29, 1.82) is 0 Å². The summed E-state index contributed by atoms with van der Waals surface area (Å²) in [6, 6.07) is 16.9. The fraction of sp³-hybridized carbons (Fsp3) is 0.263. The lowest BCUT2D eigenvalue weighted by atomic mass is 10.1. The minimum absolute atomic E-state index is 0.0620. The summed E-state index contributed by atoms with van der Waals surface area (Å²) in [6.45, 7) is 0. The molecular weight excluding hydrogens is 304 g/mol. The number of nitrogens with one attached hydrogen (secondary N) is 2. The van der Waals surface area contributed by atoms with Crippen LogP contribution in [-0.2, 0) is 9.59 Å². The number of para-hydroxylation sites is 1. The van der Waals surface area contributed by atoms with Gasteiger partial charge in [-0.3, -0.25) is 9.59 Å². The molecule has 2 aromatic rings. The summed E-state index contributed by atoms with van der Waals surface area (Å²) in [6.07, 6.45) is 2.42. The minimum atomic E-state index is -0.0620. The van der Waals surface area contributed by atoms with E-state index >= 15 is 0 Å². The van der Waals surface area contributed by atoms with Crippen LogP contribution in [0.3, 0.4) is 0 Å². The van der Waals surface area contributed by atoms with Crippen molar-refractivity contribution in [3.8, 4) is 11.5 Å². The molecule has 0 aliphatic carbocycles. The normalized spacial score (nSPS) is 16.5. The first-order valence-corrected chi connectivity index (χ1v) is 8.11. The molecule has 0 unspecified atom stereocenters. The summed E-state index contributed by atoms with van der Waals surface area (Å²) < 4.78 is 5.75. The Kier molecular flexibility index (Phi) is 5.11. The molecule has 1 atom stereocenters. The summed E-state index contributed by atoms with van der Waals surface area (Å²) in [4.78, 5) is 23.2. The Labute approximate surface area is 141 Å². The van der Waals surface area contributed by atoms with E-state index in [0.717, 1.165) is 12.2 Å². The van der Waals surface area contributed by atoms with Gasteiger partial charge >= 0.3 is 0 Å². The zero-order chi connectivity index (χ0) is 16.8. The average molecular weight is 324 g/mol. The highest BCUT2D eigenvalue weighted by molar-refractivity contribution is 5.91. The second-order valence-electron chi connectivity index (χ2n) is 5.83. The molecule has 1 aliphatic rings. The van der Waals surface area contributed by atoms with Gasteiger partial charge in [0.05, 0.1) is 0 Å².